The van der Waals surface area contributed by atoms with Crippen LogP contribution in [-0.2, 0) is 6.42 Å². The van der Waals surface area contributed by atoms with Gasteiger partial charge in [0.1, 0.15) is 11.1 Å². The Labute approximate surface area is 220 Å². The first-order valence-electron chi connectivity index (χ1n) is 12.9. The number of nitrogens with zero attached hydrogens (tertiary/aromatic N) is 2. The topological polar surface area (TPSA) is 38.9 Å². The highest BCUT2D eigenvalue weighted by atomic mass is 16.3. The summed E-state index contributed by atoms with van der Waals surface area (Å²) in [4.78, 5) is 8.80. The molecule has 8 rings (SSSR count). The van der Waals surface area contributed by atoms with Gasteiger partial charge in [0.05, 0.1) is 0 Å². The maximum Gasteiger partial charge on any atom is 0.246 e. The first-order valence-corrected chi connectivity index (χ1v) is 12.9. The normalized spacial score (nSPS) is 12.1. The third-order valence-electron chi connectivity index (χ3n) is 7.66. The Morgan fingerprint density at radius 2 is 1.18 bits per heavy atom. The Bertz CT molecular complexity index is 2020. The zero-order chi connectivity index (χ0) is 25.1. The summed E-state index contributed by atoms with van der Waals surface area (Å²) in [5.41, 5.74) is 15.0. The van der Waals surface area contributed by atoms with Gasteiger partial charge in [0.25, 0.3) is 0 Å². The van der Waals surface area contributed by atoms with Crippen molar-refractivity contribution in [1.82, 2.24) is 9.97 Å². The molecule has 0 aliphatic heterocycles. The lowest BCUT2D eigenvalue weighted by molar-refractivity contribution is 0.653. The molecule has 0 atom stereocenters. The number of aromatic nitrogens is 2. The molecule has 2 heterocycles. The molecular formula is C35H22N2O. The number of hydrogen-bond acceptors (Lipinski definition) is 3. The van der Waals surface area contributed by atoms with Crippen molar-refractivity contribution in [2.24, 2.45) is 0 Å². The molecule has 0 unspecified atom stereocenters. The van der Waals surface area contributed by atoms with Crippen LogP contribution in [-0.4, -0.2) is 9.97 Å². The molecular weight excluding hydrogens is 464 g/mol. The molecule has 0 bridgehead atoms. The van der Waals surface area contributed by atoms with Crippen molar-refractivity contribution in [2.75, 3.05) is 0 Å². The van der Waals surface area contributed by atoms with Gasteiger partial charge in [0.2, 0.25) is 5.71 Å². The molecule has 38 heavy (non-hydrogen) atoms. The van der Waals surface area contributed by atoms with E-state index < -0.39 is 0 Å². The summed E-state index contributed by atoms with van der Waals surface area (Å²) in [5.74, 6) is 0. The van der Waals surface area contributed by atoms with E-state index in [0.717, 1.165) is 34.0 Å². The Morgan fingerprint density at radius 1 is 0.526 bits per heavy atom. The maximum atomic E-state index is 5.87. The molecule has 0 N–H and O–H groups in total. The van der Waals surface area contributed by atoms with Crippen LogP contribution < -0.4 is 0 Å². The molecule has 0 saturated heterocycles. The Balaban J connectivity index is 1.19. The standard InChI is InChI=1S/C35H22N2O/c1-2-11-28-27(6-1)21-31-29(12-5-13-30(28)31)26-10-4-9-24(19-26)22-7-3-8-23(18-22)25-14-15-33-32(20-25)34-35(38-33)37-17-16-36-34/h1-20H,21H2. The minimum Gasteiger partial charge on any atom is -0.436 e. The second kappa shape index (κ2) is 8.25. The third kappa shape index (κ3) is 3.29. The lowest BCUT2D eigenvalue weighted by Gasteiger charge is -2.12. The number of fused-ring (bicyclic) bond motifs is 6. The second-order valence-corrected chi connectivity index (χ2v) is 9.85. The van der Waals surface area contributed by atoms with Crippen LogP contribution in [0.15, 0.2) is 126 Å². The molecule has 1 aliphatic carbocycles. The van der Waals surface area contributed by atoms with Gasteiger partial charge in [-0.15, -0.1) is 0 Å². The second-order valence-electron chi connectivity index (χ2n) is 9.85. The summed E-state index contributed by atoms with van der Waals surface area (Å²) in [6.45, 7) is 0. The maximum absolute atomic E-state index is 5.87. The van der Waals surface area contributed by atoms with E-state index in [9.17, 15) is 0 Å². The first kappa shape index (κ1) is 21.1. The van der Waals surface area contributed by atoms with Crippen LogP contribution in [0.2, 0.25) is 0 Å². The van der Waals surface area contributed by atoms with Gasteiger partial charge in [-0.05, 0) is 86.3 Å². The highest BCUT2D eigenvalue weighted by molar-refractivity contribution is 6.02. The van der Waals surface area contributed by atoms with Crippen molar-refractivity contribution in [3.8, 4) is 44.5 Å². The van der Waals surface area contributed by atoms with Crippen LogP contribution in [0.25, 0.3) is 66.7 Å². The minimum absolute atomic E-state index is 0.570. The molecule has 0 radical (unpaired) electrons. The molecule has 0 fully saturated rings. The summed E-state index contributed by atoms with van der Waals surface area (Å²) in [6.07, 6.45) is 4.35. The van der Waals surface area contributed by atoms with Crippen LogP contribution in [0.3, 0.4) is 0 Å². The summed E-state index contributed by atoms with van der Waals surface area (Å²) < 4.78 is 5.87. The molecule has 0 spiro atoms. The number of hydrogen-bond donors (Lipinski definition) is 0. The molecule has 0 saturated carbocycles. The van der Waals surface area contributed by atoms with Crippen LogP contribution in [0, 0.1) is 0 Å². The number of furan rings is 1. The monoisotopic (exact) mass is 486 g/mol. The average molecular weight is 487 g/mol. The van der Waals surface area contributed by atoms with Crippen molar-refractivity contribution in [1.29, 1.82) is 0 Å². The fourth-order valence-corrected chi connectivity index (χ4v) is 5.84. The van der Waals surface area contributed by atoms with E-state index in [1.54, 1.807) is 12.4 Å². The van der Waals surface area contributed by atoms with Gasteiger partial charge in [0, 0.05) is 17.8 Å². The summed E-state index contributed by atoms with van der Waals surface area (Å²) in [6, 6.07) is 39.4. The quantitative estimate of drug-likeness (QED) is 0.250. The van der Waals surface area contributed by atoms with E-state index in [1.807, 2.05) is 6.07 Å². The minimum atomic E-state index is 0.570. The first-order chi connectivity index (χ1) is 18.8. The predicted octanol–water partition coefficient (Wildman–Crippen LogP) is 8.95. The van der Waals surface area contributed by atoms with E-state index in [-0.39, 0.29) is 0 Å². The van der Waals surface area contributed by atoms with Crippen LogP contribution in [0.1, 0.15) is 11.1 Å². The lowest BCUT2D eigenvalue weighted by Crippen LogP contribution is -1.89. The van der Waals surface area contributed by atoms with Crippen LogP contribution >= 0.6 is 0 Å². The van der Waals surface area contributed by atoms with E-state index in [1.165, 1.54) is 44.5 Å². The van der Waals surface area contributed by atoms with Crippen LogP contribution in [0.5, 0.6) is 0 Å². The molecule has 0 amide bonds. The fraction of sp³-hybridized carbons (Fsp3) is 0.0286. The third-order valence-corrected chi connectivity index (χ3v) is 7.66. The molecule has 178 valence electrons. The molecule has 2 aromatic heterocycles. The Hall–Kier alpha value is -5.02. The molecule has 5 aromatic carbocycles. The fourth-order valence-electron chi connectivity index (χ4n) is 5.84. The lowest BCUT2D eigenvalue weighted by atomic mass is 9.92. The van der Waals surface area contributed by atoms with Gasteiger partial charge in [-0.1, -0.05) is 84.9 Å². The van der Waals surface area contributed by atoms with Gasteiger partial charge in [0.15, 0.2) is 0 Å². The largest absolute Gasteiger partial charge is 0.436 e. The van der Waals surface area contributed by atoms with Crippen molar-refractivity contribution in [3.05, 3.63) is 133 Å². The van der Waals surface area contributed by atoms with Crippen molar-refractivity contribution >= 4 is 22.2 Å². The summed E-state index contributed by atoms with van der Waals surface area (Å²) in [7, 11) is 0. The smallest absolute Gasteiger partial charge is 0.246 e. The summed E-state index contributed by atoms with van der Waals surface area (Å²) in [5, 5.41) is 0.983. The van der Waals surface area contributed by atoms with Crippen molar-refractivity contribution in [2.45, 2.75) is 6.42 Å². The van der Waals surface area contributed by atoms with Gasteiger partial charge in [-0.3, -0.25) is 0 Å². The van der Waals surface area contributed by atoms with Gasteiger partial charge < -0.3 is 4.42 Å². The average Bonchev–Trinajstić information content (AvgIpc) is 3.55. The van der Waals surface area contributed by atoms with E-state index in [4.69, 9.17) is 4.42 Å². The van der Waals surface area contributed by atoms with Crippen molar-refractivity contribution < 1.29 is 4.42 Å². The predicted molar refractivity (Wildman–Crippen MR) is 154 cm³/mol. The van der Waals surface area contributed by atoms with Gasteiger partial charge in [-0.25, -0.2) is 9.97 Å². The van der Waals surface area contributed by atoms with Crippen molar-refractivity contribution in [3.63, 3.8) is 0 Å². The van der Waals surface area contributed by atoms with Crippen LogP contribution in [0.4, 0.5) is 0 Å². The Morgan fingerprint density at radius 3 is 2.05 bits per heavy atom. The zero-order valence-corrected chi connectivity index (χ0v) is 20.6. The van der Waals surface area contributed by atoms with Gasteiger partial charge >= 0.3 is 0 Å². The molecule has 7 aromatic rings. The SMILES string of the molecule is c1cc(-c2cccc(-c3cccc4c3Cc3ccccc3-4)c2)cc(-c2ccc3oc4nccnc4c3c2)c1. The highest BCUT2D eigenvalue weighted by Gasteiger charge is 2.21. The summed E-state index contributed by atoms with van der Waals surface area (Å²) >= 11 is 0. The van der Waals surface area contributed by atoms with Gasteiger partial charge in [-0.2, -0.15) is 0 Å². The number of benzene rings is 5. The molecule has 3 nitrogen and oxygen atoms in total. The Kier molecular flexibility index (Phi) is 4.58. The molecule has 1 aliphatic rings. The highest BCUT2D eigenvalue weighted by Crippen LogP contribution is 2.42. The number of rotatable bonds is 3. The zero-order valence-electron chi connectivity index (χ0n) is 20.6. The molecule has 3 heteroatoms. The van der Waals surface area contributed by atoms with E-state index in [2.05, 4.69) is 113 Å². The van der Waals surface area contributed by atoms with E-state index in [0.29, 0.717) is 5.71 Å². The van der Waals surface area contributed by atoms with E-state index >= 15 is 0 Å².